The van der Waals surface area contributed by atoms with Crippen LogP contribution in [0.5, 0.6) is 11.5 Å². The largest absolute Gasteiger partial charge is 0.497 e. The fourth-order valence-electron chi connectivity index (χ4n) is 3.43. The van der Waals surface area contributed by atoms with Crippen LogP contribution in [0.25, 0.3) is 5.57 Å². The zero-order valence-corrected chi connectivity index (χ0v) is 17.9. The highest BCUT2D eigenvalue weighted by molar-refractivity contribution is 6.23. The maximum Gasteiger partial charge on any atom is 0.325 e. The first-order chi connectivity index (χ1) is 15.0. The maximum absolute atomic E-state index is 14.8. The highest BCUT2D eigenvalue weighted by atomic mass is 19.1. The van der Waals surface area contributed by atoms with Crippen LogP contribution in [0.1, 0.15) is 31.4 Å². The summed E-state index contributed by atoms with van der Waals surface area (Å²) < 4.78 is 30.9. The first-order valence-corrected chi connectivity index (χ1v) is 10.2. The summed E-state index contributed by atoms with van der Waals surface area (Å²) >= 11 is 0. The molecule has 0 radical (unpaired) electrons. The van der Waals surface area contributed by atoms with Gasteiger partial charge in [0.15, 0.2) is 5.78 Å². The zero-order valence-electron chi connectivity index (χ0n) is 17.9. The van der Waals surface area contributed by atoms with Crippen LogP contribution in [-0.2, 0) is 20.7 Å². The molecule has 6 nitrogen and oxygen atoms in total. The highest BCUT2D eigenvalue weighted by Gasteiger charge is 2.29. The van der Waals surface area contributed by atoms with Crippen LogP contribution < -0.4 is 14.4 Å². The van der Waals surface area contributed by atoms with Gasteiger partial charge >= 0.3 is 5.97 Å². The summed E-state index contributed by atoms with van der Waals surface area (Å²) in [7, 11) is 1.56. The van der Waals surface area contributed by atoms with E-state index in [1.807, 2.05) is 6.92 Å². The van der Waals surface area contributed by atoms with Crippen molar-refractivity contribution in [2.45, 2.75) is 26.7 Å². The van der Waals surface area contributed by atoms with Gasteiger partial charge < -0.3 is 19.1 Å². The zero-order chi connectivity index (χ0) is 22.4. The van der Waals surface area contributed by atoms with Crippen LogP contribution in [0.2, 0.25) is 0 Å². The van der Waals surface area contributed by atoms with Crippen molar-refractivity contribution in [3.8, 4) is 11.5 Å². The Morgan fingerprint density at radius 2 is 1.87 bits per heavy atom. The molecule has 0 amide bonds. The van der Waals surface area contributed by atoms with Crippen molar-refractivity contribution in [3.05, 3.63) is 59.5 Å². The number of Topliss-reactive ketones (excluding diaryl/α,β-unsaturated/α-hetero) is 1. The minimum Gasteiger partial charge on any atom is -0.497 e. The van der Waals surface area contributed by atoms with Crippen LogP contribution >= 0.6 is 0 Å². The van der Waals surface area contributed by atoms with Gasteiger partial charge in [-0.1, -0.05) is 19.1 Å². The molecule has 0 unspecified atom stereocenters. The molecule has 1 aliphatic rings. The molecule has 1 aliphatic heterocycles. The third-order valence-corrected chi connectivity index (χ3v) is 4.87. The van der Waals surface area contributed by atoms with Crippen LogP contribution in [0, 0.1) is 5.82 Å². The van der Waals surface area contributed by atoms with E-state index in [-0.39, 0.29) is 30.9 Å². The maximum atomic E-state index is 14.8. The van der Waals surface area contributed by atoms with Crippen molar-refractivity contribution < 1.29 is 28.2 Å². The highest BCUT2D eigenvalue weighted by Crippen LogP contribution is 2.39. The van der Waals surface area contributed by atoms with Gasteiger partial charge in [-0.05, 0) is 43.2 Å². The number of rotatable bonds is 8. The predicted molar refractivity (Wildman–Crippen MR) is 116 cm³/mol. The third-order valence-electron chi connectivity index (χ3n) is 4.87. The van der Waals surface area contributed by atoms with Crippen molar-refractivity contribution in [1.29, 1.82) is 0 Å². The summed E-state index contributed by atoms with van der Waals surface area (Å²) in [6.07, 6.45) is 2.18. The molecule has 164 valence electrons. The number of benzene rings is 2. The van der Waals surface area contributed by atoms with Crippen LogP contribution in [0.15, 0.2) is 42.6 Å². The third kappa shape index (κ3) is 5.05. The Morgan fingerprint density at radius 1 is 1.13 bits per heavy atom. The molecule has 0 aromatic heterocycles. The first kappa shape index (κ1) is 22.3. The number of ether oxygens (including phenoxy) is 3. The molecule has 0 N–H and O–H groups in total. The minimum atomic E-state index is -0.523. The van der Waals surface area contributed by atoms with Crippen LogP contribution in [0.3, 0.4) is 0 Å². The van der Waals surface area contributed by atoms with Crippen LogP contribution in [-0.4, -0.2) is 38.6 Å². The Morgan fingerprint density at radius 3 is 2.52 bits per heavy atom. The van der Waals surface area contributed by atoms with Gasteiger partial charge in [-0.3, -0.25) is 9.59 Å². The van der Waals surface area contributed by atoms with E-state index in [1.54, 1.807) is 49.4 Å². The van der Waals surface area contributed by atoms with E-state index in [9.17, 15) is 14.0 Å². The van der Waals surface area contributed by atoms with Crippen LogP contribution in [0.4, 0.5) is 10.1 Å². The number of hydrogen-bond acceptors (Lipinski definition) is 6. The molecule has 2 aromatic carbocycles. The van der Waals surface area contributed by atoms with Crippen molar-refractivity contribution in [3.63, 3.8) is 0 Å². The van der Waals surface area contributed by atoms with E-state index >= 15 is 0 Å². The van der Waals surface area contributed by atoms with Gasteiger partial charge in [-0.2, -0.15) is 0 Å². The standard InChI is InChI=1S/C24H26FNO5/c1-4-12-31-22-11-10-20(25)18-13-21(27)19(16-6-8-17(29-3)9-7-16)14-26(24(18)22)15-23(28)30-5-2/h6-11,14H,4-5,12-13,15H2,1-3H3. The molecular formula is C24H26FNO5. The van der Waals surface area contributed by atoms with Gasteiger partial charge in [-0.15, -0.1) is 0 Å². The lowest BCUT2D eigenvalue weighted by molar-refractivity contribution is -0.141. The van der Waals surface area contributed by atoms with E-state index in [0.717, 1.165) is 6.42 Å². The average Bonchev–Trinajstić information content (AvgIpc) is 2.91. The minimum absolute atomic E-state index is 0.151. The molecular weight excluding hydrogens is 401 g/mol. The molecule has 31 heavy (non-hydrogen) atoms. The second-order valence-corrected chi connectivity index (χ2v) is 7.03. The lowest BCUT2D eigenvalue weighted by Gasteiger charge is -2.24. The molecule has 0 saturated carbocycles. The average molecular weight is 427 g/mol. The number of anilines is 1. The molecule has 0 atom stereocenters. The number of esters is 1. The Hall–Kier alpha value is -3.35. The number of allylic oxidation sites excluding steroid dienone is 1. The summed E-state index contributed by atoms with van der Waals surface area (Å²) in [5.74, 6) is -0.199. The summed E-state index contributed by atoms with van der Waals surface area (Å²) in [6.45, 7) is 4.14. The summed E-state index contributed by atoms with van der Waals surface area (Å²) in [4.78, 5) is 27.0. The van der Waals surface area contributed by atoms with Crippen molar-refractivity contribution in [1.82, 2.24) is 0 Å². The number of hydrogen-bond donors (Lipinski definition) is 0. The Bertz CT molecular complexity index is 984. The van der Waals surface area contributed by atoms with Gasteiger partial charge in [0.2, 0.25) is 0 Å². The number of carbonyl (C=O) groups is 2. The SMILES string of the molecule is CCCOc1ccc(F)c2c1N(CC(=O)OCC)C=C(c1ccc(OC)cc1)C(=O)C2. The van der Waals surface area contributed by atoms with Crippen molar-refractivity contribution in [2.24, 2.45) is 0 Å². The van der Waals surface area contributed by atoms with E-state index in [0.29, 0.717) is 34.9 Å². The smallest absolute Gasteiger partial charge is 0.325 e. The van der Waals surface area contributed by atoms with Gasteiger partial charge in [-0.25, -0.2) is 4.39 Å². The summed E-state index contributed by atoms with van der Waals surface area (Å²) in [5.41, 5.74) is 1.58. The number of halogens is 1. The van der Waals surface area contributed by atoms with E-state index < -0.39 is 11.8 Å². The normalized spacial score (nSPS) is 13.2. The van der Waals surface area contributed by atoms with Gasteiger partial charge in [0, 0.05) is 23.8 Å². The van der Waals surface area contributed by atoms with E-state index in [4.69, 9.17) is 14.2 Å². The monoisotopic (exact) mass is 427 g/mol. The molecule has 1 heterocycles. The van der Waals surface area contributed by atoms with Gasteiger partial charge in [0.25, 0.3) is 0 Å². The van der Waals surface area contributed by atoms with Gasteiger partial charge in [0.05, 0.1) is 26.0 Å². The Kier molecular flexibility index (Phi) is 7.28. The molecule has 0 aliphatic carbocycles. The lowest BCUT2D eigenvalue weighted by atomic mass is 9.98. The number of nitrogens with zero attached hydrogens (tertiary/aromatic N) is 1. The topological polar surface area (TPSA) is 65.1 Å². The molecule has 0 fully saturated rings. The molecule has 0 saturated heterocycles. The Balaban J connectivity index is 2.13. The van der Waals surface area contributed by atoms with E-state index in [2.05, 4.69) is 0 Å². The number of ketones is 1. The number of fused-ring (bicyclic) bond motifs is 1. The molecule has 0 bridgehead atoms. The second-order valence-electron chi connectivity index (χ2n) is 7.03. The number of carbonyl (C=O) groups excluding carboxylic acids is 2. The molecule has 7 heteroatoms. The molecule has 0 spiro atoms. The molecule has 2 aromatic rings. The predicted octanol–water partition coefficient (Wildman–Crippen LogP) is 4.16. The Labute approximate surface area is 181 Å². The summed E-state index contributed by atoms with van der Waals surface area (Å²) in [5, 5.41) is 0. The number of methoxy groups -OCH3 is 1. The lowest BCUT2D eigenvalue weighted by Crippen LogP contribution is -2.27. The molecule has 3 rings (SSSR count). The fraction of sp³-hybridized carbons (Fsp3) is 0.333. The van der Waals surface area contributed by atoms with E-state index in [1.165, 1.54) is 12.1 Å². The summed E-state index contributed by atoms with van der Waals surface area (Å²) in [6, 6.07) is 9.82. The second kappa shape index (κ2) is 10.1. The van der Waals surface area contributed by atoms with Crippen molar-refractivity contribution in [2.75, 3.05) is 31.8 Å². The first-order valence-electron chi connectivity index (χ1n) is 10.2. The quantitative estimate of drug-likeness (QED) is 0.590. The van der Waals surface area contributed by atoms with Crippen molar-refractivity contribution >= 4 is 23.0 Å². The fourth-order valence-corrected chi connectivity index (χ4v) is 3.43. The van der Waals surface area contributed by atoms with Gasteiger partial charge in [0.1, 0.15) is 23.9 Å².